The van der Waals surface area contributed by atoms with Crippen LogP contribution in [-0.4, -0.2) is 25.4 Å². The number of H-pyrrole nitrogens is 1. The molecule has 0 saturated heterocycles. The normalized spacial score (nSPS) is 15.1. The standard InChI is InChI=1S/C11H17ClN2O3S/c1-4-7(2)8(3)14-11(15)10-5-9(6-13-10)18(12,16)17/h5-8,13H,4H2,1-3H3,(H,14,15). The first-order valence-corrected chi connectivity index (χ1v) is 8.00. The summed E-state index contributed by atoms with van der Waals surface area (Å²) in [6.45, 7) is 5.99. The number of carbonyl (C=O) groups is 1. The summed E-state index contributed by atoms with van der Waals surface area (Å²) in [6.07, 6.45) is 2.15. The smallest absolute Gasteiger partial charge is 0.267 e. The molecule has 0 saturated carbocycles. The van der Waals surface area contributed by atoms with E-state index in [9.17, 15) is 13.2 Å². The predicted molar refractivity (Wildman–Crippen MR) is 70.2 cm³/mol. The van der Waals surface area contributed by atoms with Crippen molar-refractivity contribution >= 4 is 25.6 Å². The number of aromatic amines is 1. The molecule has 0 spiro atoms. The Bertz CT molecular complexity index is 524. The Kier molecular flexibility index (Phi) is 4.81. The molecule has 0 radical (unpaired) electrons. The summed E-state index contributed by atoms with van der Waals surface area (Å²) in [4.78, 5) is 14.3. The van der Waals surface area contributed by atoms with Gasteiger partial charge in [-0.1, -0.05) is 20.3 Å². The summed E-state index contributed by atoms with van der Waals surface area (Å²) in [7, 11) is 1.37. The van der Waals surface area contributed by atoms with Gasteiger partial charge in [-0.3, -0.25) is 4.79 Å². The molecule has 7 heteroatoms. The van der Waals surface area contributed by atoms with E-state index in [2.05, 4.69) is 10.3 Å². The first-order valence-electron chi connectivity index (χ1n) is 5.69. The van der Waals surface area contributed by atoms with Gasteiger partial charge in [0.25, 0.3) is 15.0 Å². The third kappa shape index (κ3) is 3.74. The second-order valence-electron chi connectivity index (χ2n) is 4.33. The largest absolute Gasteiger partial charge is 0.356 e. The second-order valence-corrected chi connectivity index (χ2v) is 6.90. The molecule has 0 aromatic carbocycles. The molecule has 0 fully saturated rings. The maximum absolute atomic E-state index is 11.8. The van der Waals surface area contributed by atoms with E-state index in [1.165, 1.54) is 12.3 Å². The van der Waals surface area contributed by atoms with Crippen LogP contribution >= 0.6 is 10.7 Å². The van der Waals surface area contributed by atoms with E-state index in [1.807, 2.05) is 20.8 Å². The highest BCUT2D eigenvalue weighted by atomic mass is 35.7. The first-order chi connectivity index (χ1) is 8.25. The summed E-state index contributed by atoms with van der Waals surface area (Å²) in [5.41, 5.74) is 0.185. The van der Waals surface area contributed by atoms with E-state index in [0.717, 1.165) is 6.42 Å². The minimum absolute atomic E-state index is 0.0156. The lowest BCUT2D eigenvalue weighted by Gasteiger charge is -2.19. The molecule has 18 heavy (non-hydrogen) atoms. The Hall–Kier alpha value is -1.01. The fraction of sp³-hybridized carbons (Fsp3) is 0.545. The van der Waals surface area contributed by atoms with E-state index in [-0.39, 0.29) is 22.5 Å². The van der Waals surface area contributed by atoms with Gasteiger partial charge in [-0.15, -0.1) is 0 Å². The average molecular weight is 293 g/mol. The topological polar surface area (TPSA) is 79.0 Å². The van der Waals surface area contributed by atoms with Gasteiger partial charge in [0.2, 0.25) is 0 Å². The zero-order valence-corrected chi connectivity index (χ0v) is 12.1. The van der Waals surface area contributed by atoms with Crippen LogP contribution in [0.2, 0.25) is 0 Å². The first kappa shape index (κ1) is 15.0. The van der Waals surface area contributed by atoms with Gasteiger partial charge in [-0.05, 0) is 18.9 Å². The Morgan fingerprint density at radius 3 is 2.56 bits per heavy atom. The molecule has 2 atom stereocenters. The van der Waals surface area contributed by atoms with Gasteiger partial charge in [0.1, 0.15) is 10.6 Å². The Morgan fingerprint density at radius 2 is 2.11 bits per heavy atom. The lowest BCUT2D eigenvalue weighted by molar-refractivity contribution is 0.0923. The van der Waals surface area contributed by atoms with E-state index in [0.29, 0.717) is 5.92 Å². The van der Waals surface area contributed by atoms with Gasteiger partial charge in [0, 0.05) is 22.9 Å². The van der Waals surface area contributed by atoms with Crippen molar-refractivity contribution in [1.29, 1.82) is 0 Å². The monoisotopic (exact) mass is 292 g/mol. The molecule has 0 aliphatic rings. The number of nitrogens with one attached hydrogen (secondary N) is 2. The minimum atomic E-state index is -3.80. The quantitative estimate of drug-likeness (QED) is 0.816. The van der Waals surface area contributed by atoms with Crippen LogP contribution in [-0.2, 0) is 9.05 Å². The molecular weight excluding hydrogens is 276 g/mol. The van der Waals surface area contributed by atoms with Gasteiger partial charge in [-0.25, -0.2) is 8.42 Å². The van der Waals surface area contributed by atoms with Crippen LogP contribution in [0, 0.1) is 5.92 Å². The molecule has 1 heterocycles. The molecule has 0 bridgehead atoms. The van der Waals surface area contributed by atoms with Crippen LogP contribution in [0.15, 0.2) is 17.2 Å². The van der Waals surface area contributed by atoms with Crippen LogP contribution in [0.4, 0.5) is 0 Å². The van der Waals surface area contributed by atoms with Crippen molar-refractivity contribution in [3.8, 4) is 0 Å². The molecule has 0 aliphatic heterocycles. The van der Waals surface area contributed by atoms with Crippen LogP contribution in [0.3, 0.4) is 0 Å². The van der Waals surface area contributed by atoms with Crippen LogP contribution in [0.5, 0.6) is 0 Å². The van der Waals surface area contributed by atoms with Crippen LogP contribution in [0.25, 0.3) is 0 Å². The maximum Gasteiger partial charge on any atom is 0.267 e. The number of hydrogen-bond donors (Lipinski definition) is 2. The fourth-order valence-electron chi connectivity index (χ4n) is 1.43. The second kappa shape index (κ2) is 5.75. The van der Waals surface area contributed by atoms with Crippen molar-refractivity contribution in [2.24, 2.45) is 5.92 Å². The van der Waals surface area contributed by atoms with E-state index in [4.69, 9.17) is 10.7 Å². The average Bonchev–Trinajstić information content (AvgIpc) is 2.76. The fourth-order valence-corrected chi connectivity index (χ4v) is 2.15. The summed E-state index contributed by atoms with van der Waals surface area (Å²) in [5.74, 6) is 0.00880. The summed E-state index contributed by atoms with van der Waals surface area (Å²) in [5, 5.41) is 2.80. The molecule has 1 aromatic heterocycles. The molecule has 1 amide bonds. The highest BCUT2D eigenvalue weighted by molar-refractivity contribution is 8.13. The zero-order chi connectivity index (χ0) is 13.9. The number of aromatic nitrogens is 1. The Balaban J connectivity index is 2.77. The molecule has 2 N–H and O–H groups in total. The molecule has 0 aliphatic carbocycles. The predicted octanol–water partition coefficient (Wildman–Crippen LogP) is 2.11. The van der Waals surface area contributed by atoms with Crippen molar-refractivity contribution in [3.63, 3.8) is 0 Å². The van der Waals surface area contributed by atoms with Gasteiger partial charge < -0.3 is 10.3 Å². The Labute approximate surface area is 111 Å². The van der Waals surface area contributed by atoms with Crippen molar-refractivity contribution in [2.45, 2.75) is 38.1 Å². The number of rotatable bonds is 5. The van der Waals surface area contributed by atoms with Crippen LogP contribution < -0.4 is 5.32 Å². The summed E-state index contributed by atoms with van der Waals surface area (Å²) >= 11 is 0. The molecule has 102 valence electrons. The molecule has 1 aromatic rings. The number of amides is 1. The molecule has 5 nitrogen and oxygen atoms in total. The number of hydrogen-bond acceptors (Lipinski definition) is 3. The summed E-state index contributed by atoms with van der Waals surface area (Å²) in [6, 6.07) is 1.24. The lowest BCUT2D eigenvalue weighted by Crippen LogP contribution is -2.37. The third-order valence-electron chi connectivity index (χ3n) is 3.04. The highest BCUT2D eigenvalue weighted by Gasteiger charge is 2.18. The zero-order valence-electron chi connectivity index (χ0n) is 10.5. The number of carbonyl (C=O) groups excluding carboxylic acids is 1. The van der Waals surface area contributed by atoms with Gasteiger partial charge in [-0.2, -0.15) is 0 Å². The van der Waals surface area contributed by atoms with Crippen molar-refractivity contribution in [3.05, 3.63) is 18.0 Å². The molecular formula is C11H17ClN2O3S. The Morgan fingerprint density at radius 1 is 1.50 bits per heavy atom. The van der Waals surface area contributed by atoms with E-state index >= 15 is 0 Å². The molecule has 1 rings (SSSR count). The minimum Gasteiger partial charge on any atom is -0.356 e. The number of halogens is 1. The van der Waals surface area contributed by atoms with Gasteiger partial charge >= 0.3 is 0 Å². The van der Waals surface area contributed by atoms with E-state index < -0.39 is 9.05 Å². The van der Waals surface area contributed by atoms with E-state index in [1.54, 1.807) is 0 Å². The highest BCUT2D eigenvalue weighted by Crippen LogP contribution is 2.16. The molecule has 2 unspecified atom stereocenters. The van der Waals surface area contributed by atoms with Crippen molar-refractivity contribution in [2.75, 3.05) is 0 Å². The van der Waals surface area contributed by atoms with Crippen molar-refractivity contribution in [1.82, 2.24) is 10.3 Å². The SMILES string of the molecule is CCC(C)C(C)NC(=O)c1cc(S(=O)(=O)Cl)c[nH]1. The third-order valence-corrected chi connectivity index (χ3v) is 4.37. The van der Waals surface area contributed by atoms with Gasteiger partial charge in [0.15, 0.2) is 0 Å². The van der Waals surface area contributed by atoms with Crippen LogP contribution in [0.1, 0.15) is 37.7 Å². The maximum atomic E-state index is 11.8. The van der Waals surface area contributed by atoms with Crippen molar-refractivity contribution < 1.29 is 13.2 Å². The lowest BCUT2D eigenvalue weighted by atomic mass is 10.0. The van der Waals surface area contributed by atoms with Gasteiger partial charge in [0.05, 0.1) is 0 Å². The summed E-state index contributed by atoms with van der Waals surface area (Å²) < 4.78 is 22.1.